The van der Waals surface area contributed by atoms with Gasteiger partial charge in [-0.15, -0.1) is 11.3 Å². The van der Waals surface area contributed by atoms with Crippen LogP contribution in [-0.2, 0) is 14.8 Å². The zero-order chi connectivity index (χ0) is 18.2. The predicted molar refractivity (Wildman–Crippen MR) is 95.1 cm³/mol. The van der Waals surface area contributed by atoms with Gasteiger partial charge in [-0.1, -0.05) is 18.2 Å². The van der Waals surface area contributed by atoms with Gasteiger partial charge in [-0.3, -0.25) is 4.72 Å². The number of aryl methyl sites for hydroxylation is 1. The highest BCUT2D eigenvalue weighted by molar-refractivity contribution is 7.93. The van der Waals surface area contributed by atoms with Crippen molar-refractivity contribution in [1.82, 2.24) is 0 Å². The molecule has 3 rings (SSSR count). The van der Waals surface area contributed by atoms with Crippen molar-refractivity contribution in [2.75, 3.05) is 11.8 Å². The molecule has 8 heteroatoms. The molecule has 0 aliphatic carbocycles. The van der Waals surface area contributed by atoms with Crippen LogP contribution >= 0.6 is 11.3 Å². The average Bonchev–Trinajstić information content (AvgIpc) is 2.89. The van der Waals surface area contributed by atoms with Gasteiger partial charge in [0.15, 0.2) is 0 Å². The Balaban J connectivity index is 1.99. The highest BCUT2D eigenvalue weighted by Crippen LogP contribution is 2.36. The molecule has 0 bridgehead atoms. The second kappa shape index (κ2) is 6.45. The summed E-state index contributed by atoms with van der Waals surface area (Å²) >= 11 is 1.28. The van der Waals surface area contributed by atoms with Crippen LogP contribution in [0, 0.1) is 12.7 Å². The van der Waals surface area contributed by atoms with Crippen molar-refractivity contribution in [3.63, 3.8) is 0 Å². The highest BCUT2D eigenvalue weighted by atomic mass is 32.2. The number of carbonyl (C=O) groups is 1. The van der Waals surface area contributed by atoms with Crippen LogP contribution in [0.2, 0.25) is 0 Å². The van der Waals surface area contributed by atoms with Crippen molar-refractivity contribution in [2.24, 2.45) is 0 Å². The molecule has 1 aromatic heterocycles. The molecule has 0 fully saturated rings. The lowest BCUT2D eigenvalue weighted by atomic mass is 10.2. The standard InChI is InChI=1S/C17H14FNO4S2/c1-10-12-5-3-4-6-14(12)24-16(10)19-25(21,22)15-8-7-11(9-13(15)18)17(20)23-2/h3-9,19H,1-2H3. The number of hydrogen-bond donors (Lipinski definition) is 1. The van der Waals surface area contributed by atoms with Gasteiger partial charge in [0, 0.05) is 4.70 Å². The predicted octanol–water partition coefficient (Wildman–Crippen LogP) is 3.94. The summed E-state index contributed by atoms with van der Waals surface area (Å²) in [5, 5.41) is 1.37. The van der Waals surface area contributed by atoms with E-state index in [4.69, 9.17) is 0 Å². The minimum Gasteiger partial charge on any atom is -0.465 e. The van der Waals surface area contributed by atoms with E-state index < -0.39 is 26.7 Å². The summed E-state index contributed by atoms with van der Waals surface area (Å²) in [5.41, 5.74) is 0.716. The van der Waals surface area contributed by atoms with Gasteiger partial charge in [0.05, 0.1) is 12.7 Å². The van der Waals surface area contributed by atoms with E-state index >= 15 is 0 Å². The Hall–Kier alpha value is -2.45. The maximum absolute atomic E-state index is 14.2. The number of carbonyl (C=O) groups excluding carboxylic acids is 1. The van der Waals surface area contributed by atoms with Crippen LogP contribution < -0.4 is 4.72 Å². The van der Waals surface area contributed by atoms with Gasteiger partial charge in [-0.2, -0.15) is 0 Å². The molecular formula is C17H14FNO4S2. The number of benzene rings is 2. The molecule has 0 unspecified atom stereocenters. The number of rotatable bonds is 4. The zero-order valence-electron chi connectivity index (χ0n) is 13.4. The average molecular weight is 379 g/mol. The fourth-order valence-electron chi connectivity index (χ4n) is 2.41. The van der Waals surface area contributed by atoms with Gasteiger partial charge in [0.2, 0.25) is 0 Å². The molecule has 2 aromatic carbocycles. The number of anilines is 1. The van der Waals surface area contributed by atoms with Gasteiger partial charge >= 0.3 is 5.97 Å². The first-order chi connectivity index (χ1) is 11.8. The van der Waals surface area contributed by atoms with E-state index in [1.165, 1.54) is 17.4 Å². The molecule has 0 radical (unpaired) electrons. The van der Waals surface area contributed by atoms with E-state index in [1.54, 1.807) is 6.92 Å². The smallest absolute Gasteiger partial charge is 0.337 e. The maximum atomic E-state index is 14.2. The Morgan fingerprint density at radius 1 is 1.20 bits per heavy atom. The summed E-state index contributed by atoms with van der Waals surface area (Å²) in [5.74, 6) is -1.76. The molecule has 130 valence electrons. The Morgan fingerprint density at radius 2 is 1.92 bits per heavy atom. The lowest BCUT2D eigenvalue weighted by Gasteiger charge is -2.09. The van der Waals surface area contributed by atoms with Gasteiger partial charge < -0.3 is 4.74 Å². The molecule has 0 saturated carbocycles. The first kappa shape index (κ1) is 17.4. The number of sulfonamides is 1. The van der Waals surface area contributed by atoms with Crippen LogP contribution in [0.15, 0.2) is 47.4 Å². The number of ether oxygens (including phenoxy) is 1. The lowest BCUT2D eigenvalue weighted by molar-refractivity contribution is 0.0600. The molecule has 5 nitrogen and oxygen atoms in total. The van der Waals surface area contributed by atoms with E-state index in [9.17, 15) is 17.6 Å². The highest BCUT2D eigenvalue weighted by Gasteiger charge is 2.23. The van der Waals surface area contributed by atoms with E-state index in [-0.39, 0.29) is 5.56 Å². The lowest BCUT2D eigenvalue weighted by Crippen LogP contribution is -2.15. The van der Waals surface area contributed by atoms with Gasteiger partial charge in [-0.05, 0) is 42.1 Å². The first-order valence-corrected chi connectivity index (χ1v) is 9.52. The normalized spacial score (nSPS) is 11.5. The van der Waals surface area contributed by atoms with Crippen molar-refractivity contribution < 1.29 is 22.3 Å². The molecule has 0 spiro atoms. The summed E-state index contributed by atoms with van der Waals surface area (Å²) in [6.45, 7) is 1.80. The van der Waals surface area contributed by atoms with Crippen molar-refractivity contribution in [3.05, 3.63) is 59.4 Å². The largest absolute Gasteiger partial charge is 0.465 e. The summed E-state index contributed by atoms with van der Waals surface area (Å²) in [7, 11) is -2.97. The number of methoxy groups -OCH3 is 1. The second-order valence-corrected chi connectivity index (χ2v) is 8.00. The summed E-state index contributed by atoms with van der Waals surface area (Å²) in [6, 6.07) is 10.6. The minimum absolute atomic E-state index is 0.0583. The third-order valence-corrected chi connectivity index (χ3v) is 6.41. The summed E-state index contributed by atoms with van der Waals surface area (Å²) in [4.78, 5) is 10.9. The van der Waals surface area contributed by atoms with Crippen LogP contribution in [-0.4, -0.2) is 21.5 Å². The molecule has 0 amide bonds. The molecule has 3 aromatic rings. The monoisotopic (exact) mass is 379 g/mol. The van der Waals surface area contributed by atoms with Crippen molar-refractivity contribution in [2.45, 2.75) is 11.8 Å². The Labute approximate surface area is 148 Å². The molecule has 0 atom stereocenters. The quantitative estimate of drug-likeness (QED) is 0.697. The fourth-order valence-corrected chi connectivity index (χ4v) is 4.94. The Kier molecular flexibility index (Phi) is 4.49. The van der Waals surface area contributed by atoms with Crippen LogP contribution in [0.4, 0.5) is 9.39 Å². The van der Waals surface area contributed by atoms with E-state index in [0.717, 1.165) is 34.9 Å². The third-order valence-electron chi connectivity index (χ3n) is 3.71. The molecule has 1 heterocycles. The van der Waals surface area contributed by atoms with Crippen LogP contribution in [0.25, 0.3) is 10.1 Å². The zero-order valence-corrected chi connectivity index (χ0v) is 15.0. The van der Waals surface area contributed by atoms with Crippen LogP contribution in [0.1, 0.15) is 15.9 Å². The van der Waals surface area contributed by atoms with E-state index in [0.29, 0.717) is 5.00 Å². The van der Waals surface area contributed by atoms with Gasteiger partial charge in [-0.25, -0.2) is 17.6 Å². The fraction of sp³-hybridized carbons (Fsp3) is 0.118. The third kappa shape index (κ3) is 3.22. The van der Waals surface area contributed by atoms with Crippen LogP contribution in [0.5, 0.6) is 0 Å². The van der Waals surface area contributed by atoms with E-state index in [1.807, 2.05) is 24.3 Å². The first-order valence-electron chi connectivity index (χ1n) is 7.22. The van der Waals surface area contributed by atoms with Crippen molar-refractivity contribution >= 4 is 42.4 Å². The molecule has 0 aliphatic heterocycles. The van der Waals surface area contributed by atoms with E-state index in [2.05, 4.69) is 9.46 Å². The number of thiophene rings is 1. The minimum atomic E-state index is -4.13. The molecule has 0 saturated heterocycles. The molecule has 25 heavy (non-hydrogen) atoms. The Morgan fingerprint density at radius 3 is 2.56 bits per heavy atom. The number of nitrogens with one attached hydrogen (secondary N) is 1. The SMILES string of the molecule is COC(=O)c1ccc(S(=O)(=O)Nc2sc3ccccc3c2C)c(F)c1. The molecular weight excluding hydrogens is 365 g/mol. The Bertz CT molecular complexity index is 1070. The second-order valence-electron chi connectivity index (χ2n) is 5.29. The maximum Gasteiger partial charge on any atom is 0.337 e. The number of fused-ring (bicyclic) bond motifs is 1. The summed E-state index contributed by atoms with van der Waals surface area (Å²) < 4.78 is 47.2. The van der Waals surface area contributed by atoms with Gasteiger partial charge in [0.1, 0.15) is 15.7 Å². The molecule has 0 aliphatic rings. The van der Waals surface area contributed by atoms with Gasteiger partial charge in [0.25, 0.3) is 10.0 Å². The van der Waals surface area contributed by atoms with Crippen LogP contribution in [0.3, 0.4) is 0 Å². The topological polar surface area (TPSA) is 72.5 Å². The molecule has 1 N–H and O–H groups in total. The van der Waals surface area contributed by atoms with Crippen molar-refractivity contribution in [3.8, 4) is 0 Å². The number of esters is 1. The number of hydrogen-bond acceptors (Lipinski definition) is 5. The summed E-state index contributed by atoms with van der Waals surface area (Å²) in [6.07, 6.45) is 0. The van der Waals surface area contributed by atoms with Crippen molar-refractivity contribution in [1.29, 1.82) is 0 Å². The number of halogens is 1.